The summed E-state index contributed by atoms with van der Waals surface area (Å²) in [5, 5.41) is 0. The SMILES string of the molecule is CCCCCCCCN(CCC(=O)OCC)CCC(=O)OCC. The van der Waals surface area contributed by atoms with Crippen LogP contribution in [0, 0.1) is 0 Å². The molecule has 0 fully saturated rings. The molecular weight excluding hydrogens is 294 g/mol. The molecule has 0 radical (unpaired) electrons. The number of hydrogen-bond acceptors (Lipinski definition) is 5. The lowest BCUT2D eigenvalue weighted by Gasteiger charge is -2.21. The van der Waals surface area contributed by atoms with Gasteiger partial charge in [0.1, 0.15) is 0 Å². The molecule has 5 heteroatoms. The fourth-order valence-corrected chi connectivity index (χ4v) is 2.42. The van der Waals surface area contributed by atoms with Gasteiger partial charge in [-0.25, -0.2) is 0 Å². The van der Waals surface area contributed by atoms with E-state index in [1.807, 2.05) is 13.8 Å². The zero-order chi connectivity index (χ0) is 17.3. The predicted octanol–water partition coefficient (Wildman–Crippen LogP) is 3.56. The van der Waals surface area contributed by atoms with Crippen LogP contribution in [0.1, 0.15) is 72.1 Å². The Kier molecular flexibility index (Phi) is 15.0. The van der Waals surface area contributed by atoms with Gasteiger partial charge >= 0.3 is 11.9 Å². The van der Waals surface area contributed by atoms with E-state index < -0.39 is 0 Å². The Bertz CT molecular complexity index is 285. The van der Waals surface area contributed by atoms with Gasteiger partial charge in [-0.15, -0.1) is 0 Å². The smallest absolute Gasteiger partial charge is 0.307 e. The van der Waals surface area contributed by atoms with Gasteiger partial charge in [0.15, 0.2) is 0 Å². The van der Waals surface area contributed by atoms with Gasteiger partial charge in [-0.3, -0.25) is 9.59 Å². The number of rotatable bonds is 15. The van der Waals surface area contributed by atoms with E-state index in [9.17, 15) is 9.59 Å². The van der Waals surface area contributed by atoms with Crippen molar-refractivity contribution in [3.05, 3.63) is 0 Å². The van der Waals surface area contributed by atoms with Crippen LogP contribution in [0.2, 0.25) is 0 Å². The average Bonchev–Trinajstić information content (AvgIpc) is 2.53. The van der Waals surface area contributed by atoms with Crippen molar-refractivity contribution >= 4 is 11.9 Å². The van der Waals surface area contributed by atoms with Crippen molar-refractivity contribution in [3.8, 4) is 0 Å². The van der Waals surface area contributed by atoms with Gasteiger partial charge in [0, 0.05) is 13.1 Å². The molecule has 0 saturated heterocycles. The van der Waals surface area contributed by atoms with Gasteiger partial charge in [-0.2, -0.15) is 0 Å². The summed E-state index contributed by atoms with van der Waals surface area (Å²) in [6, 6.07) is 0. The second kappa shape index (κ2) is 15.8. The second-order valence-electron chi connectivity index (χ2n) is 5.72. The summed E-state index contributed by atoms with van der Waals surface area (Å²) in [5.74, 6) is -0.340. The quantitative estimate of drug-likeness (QED) is 0.340. The van der Waals surface area contributed by atoms with Crippen molar-refractivity contribution in [2.75, 3.05) is 32.8 Å². The summed E-state index contributed by atoms with van der Waals surface area (Å²) in [6.07, 6.45) is 8.18. The van der Waals surface area contributed by atoms with Crippen LogP contribution >= 0.6 is 0 Å². The maximum atomic E-state index is 11.5. The number of ether oxygens (including phenoxy) is 2. The Morgan fingerprint density at radius 3 is 1.65 bits per heavy atom. The summed E-state index contributed by atoms with van der Waals surface area (Å²) in [5.41, 5.74) is 0. The van der Waals surface area contributed by atoms with Crippen LogP contribution < -0.4 is 0 Å². The maximum absolute atomic E-state index is 11.5. The molecule has 0 rings (SSSR count). The van der Waals surface area contributed by atoms with Crippen molar-refractivity contribution in [1.29, 1.82) is 0 Å². The van der Waals surface area contributed by atoms with Crippen LogP contribution in [0.5, 0.6) is 0 Å². The van der Waals surface area contributed by atoms with E-state index in [-0.39, 0.29) is 11.9 Å². The van der Waals surface area contributed by atoms with Crippen molar-refractivity contribution in [1.82, 2.24) is 4.90 Å². The fourth-order valence-electron chi connectivity index (χ4n) is 2.42. The predicted molar refractivity (Wildman–Crippen MR) is 92.3 cm³/mol. The fraction of sp³-hybridized carbons (Fsp3) is 0.889. The zero-order valence-electron chi connectivity index (χ0n) is 15.3. The molecule has 0 spiro atoms. The summed E-state index contributed by atoms with van der Waals surface area (Å²) in [4.78, 5) is 25.2. The van der Waals surface area contributed by atoms with Crippen LogP contribution in [-0.4, -0.2) is 49.7 Å². The lowest BCUT2D eigenvalue weighted by atomic mass is 10.1. The molecule has 0 aromatic rings. The monoisotopic (exact) mass is 329 g/mol. The third kappa shape index (κ3) is 14.2. The van der Waals surface area contributed by atoms with Crippen molar-refractivity contribution in [3.63, 3.8) is 0 Å². The largest absolute Gasteiger partial charge is 0.466 e. The van der Waals surface area contributed by atoms with Gasteiger partial charge in [0.2, 0.25) is 0 Å². The number of hydrogen-bond donors (Lipinski definition) is 0. The number of unbranched alkanes of at least 4 members (excludes halogenated alkanes) is 5. The molecule has 0 heterocycles. The number of carbonyl (C=O) groups is 2. The Morgan fingerprint density at radius 1 is 0.696 bits per heavy atom. The van der Waals surface area contributed by atoms with E-state index in [4.69, 9.17) is 9.47 Å². The molecule has 0 bridgehead atoms. The molecule has 23 heavy (non-hydrogen) atoms. The molecule has 0 amide bonds. The Labute approximate surface area is 141 Å². The Hall–Kier alpha value is -1.10. The third-order valence-corrected chi connectivity index (χ3v) is 3.70. The minimum Gasteiger partial charge on any atom is -0.466 e. The number of carbonyl (C=O) groups excluding carboxylic acids is 2. The Balaban J connectivity index is 4.04. The highest BCUT2D eigenvalue weighted by atomic mass is 16.5. The molecule has 136 valence electrons. The third-order valence-electron chi connectivity index (χ3n) is 3.70. The van der Waals surface area contributed by atoms with Crippen LogP contribution in [-0.2, 0) is 19.1 Å². The van der Waals surface area contributed by atoms with Gasteiger partial charge in [0.05, 0.1) is 26.1 Å². The number of nitrogens with zero attached hydrogens (tertiary/aromatic N) is 1. The normalized spacial score (nSPS) is 10.8. The molecule has 0 atom stereocenters. The minimum absolute atomic E-state index is 0.170. The summed E-state index contributed by atoms with van der Waals surface area (Å²) in [6.45, 7) is 8.88. The molecule has 0 aliphatic carbocycles. The van der Waals surface area contributed by atoms with Gasteiger partial charge in [-0.05, 0) is 26.8 Å². The molecule has 0 unspecified atom stereocenters. The molecular formula is C18H35NO4. The van der Waals surface area contributed by atoms with E-state index >= 15 is 0 Å². The first-order chi connectivity index (χ1) is 11.1. The topological polar surface area (TPSA) is 55.8 Å². The maximum Gasteiger partial charge on any atom is 0.307 e. The molecule has 0 aliphatic heterocycles. The molecule has 0 aliphatic rings. The molecule has 0 saturated carbocycles. The Morgan fingerprint density at radius 2 is 1.17 bits per heavy atom. The highest BCUT2D eigenvalue weighted by Crippen LogP contribution is 2.07. The standard InChI is InChI=1S/C18H35NO4/c1-4-7-8-9-10-11-14-19(15-12-17(20)22-5-2)16-13-18(21)23-6-3/h4-16H2,1-3H3. The van der Waals surface area contributed by atoms with Gasteiger partial charge < -0.3 is 14.4 Å². The zero-order valence-corrected chi connectivity index (χ0v) is 15.3. The van der Waals surface area contributed by atoms with Gasteiger partial charge in [0.25, 0.3) is 0 Å². The lowest BCUT2D eigenvalue weighted by molar-refractivity contribution is -0.143. The van der Waals surface area contributed by atoms with Crippen molar-refractivity contribution in [2.24, 2.45) is 0 Å². The highest BCUT2D eigenvalue weighted by molar-refractivity contribution is 5.70. The summed E-state index contributed by atoms with van der Waals surface area (Å²) >= 11 is 0. The molecule has 5 nitrogen and oxygen atoms in total. The van der Waals surface area contributed by atoms with E-state index in [1.54, 1.807) is 0 Å². The average molecular weight is 329 g/mol. The molecule has 0 aromatic heterocycles. The first kappa shape index (κ1) is 21.9. The first-order valence-electron chi connectivity index (χ1n) is 9.17. The van der Waals surface area contributed by atoms with Crippen LogP contribution in [0.3, 0.4) is 0 Å². The van der Waals surface area contributed by atoms with Crippen LogP contribution in [0.15, 0.2) is 0 Å². The number of esters is 2. The van der Waals surface area contributed by atoms with E-state index in [0.717, 1.165) is 13.0 Å². The summed E-state index contributed by atoms with van der Waals surface area (Å²) < 4.78 is 9.94. The van der Waals surface area contributed by atoms with E-state index in [0.29, 0.717) is 39.1 Å². The lowest BCUT2D eigenvalue weighted by Crippen LogP contribution is -2.30. The highest BCUT2D eigenvalue weighted by Gasteiger charge is 2.11. The molecule has 0 aromatic carbocycles. The van der Waals surface area contributed by atoms with Crippen molar-refractivity contribution < 1.29 is 19.1 Å². The minimum atomic E-state index is -0.170. The van der Waals surface area contributed by atoms with E-state index in [2.05, 4.69) is 11.8 Å². The molecule has 0 N–H and O–H groups in total. The van der Waals surface area contributed by atoms with Gasteiger partial charge in [-0.1, -0.05) is 39.0 Å². The van der Waals surface area contributed by atoms with Crippen LogP contribution in [0.25, 0.3) is 0 Å². The van der Waals surface area contributed by atoms with E-state index in [1.165, 1.54) is 32.1 Å². The first-order valence-corrected chi connectivity index (χ1v) is 9.17. The van der Waals surface area contributed by atoms with Crippen LogP contribution in [0.4, 0.5) is 0 Å². The summed E-state index contributed by atoms with van der Waals surface area (Å²) in [7, 11) is 0. The second-order valence-corrected chi connectivity index (χ2v) is 5.72. The van der Waals surface area contributed by atoms with Crippen molar-refractivity contribution in [2.45, 2.75) is 72.1 Å².